The number of rotatable bonds is 4. The van der Waals surface area contributed by atoms with Crippen LogP contribution in [0.5, 0.6) is 0 Å². The number of carboxylic acid groups (broad SMARTS) is 1. The molecule has 1 N–H and O–H groups in total. The molecule has 2 rings (SSSR count). The second kappa shape index (κ2) is 7.54. The van der Waals surface area contributed by atoms with Crippen molar-refractivity contribution in [2.45, 2.75) is 38.6 Å². The highest BCUT2D eigenvalue weighted by Gasteiger charge is 2.33. The zero-order valence-electron chi connectivity index (χ0n) is 13.3. The first-order valence-corrected chi connectivity index (χ1v) is 8.51. The molecule has 1 aromatic carbocycles. The van der Waals surface area contributed by atoms with Gasteiger partial charge in [0.05, 0.1) is 22.0 Å². The van der Waals surface area contributed by atoms with E-state index in [-0.39, 0.29) is 17.9 Å². The third kappa shape index (κ3) is 4.18. The average Bonchev–Trinajstić information content (AvgIpc) is 2.55. The van der Waals surface area contributed by atoms with Crippen LogP contribution >= 0.6 is 23.2 Å². The van der Waals surface area contributed by atoms with Gasteiger partial charge in [-0.05, 0) is 43.9 Å². The Bertz CT molecular complexity index is 606. The highest BCUT2D eigenvalue weighted by molar-refractivity contribution is 6.42. The molecular weight excluding hydrogens is 337 g/mol. The van der Waals surface area contributed by atoms with Gasteiger partial charge in [0.1, 0.15) is 0 Å². The maximum absolute atomic E-state index is 12.7. The molecule has 1 aliphatic carbocycles. The molecule has 1 amide bonds. The van der Waals surface area contributed by atoms with E-state index in [1.165, 1.54) is 0 Å². The third-order valence-electron chi connectivity index (χ3n) is 4.73. The largest absolute Gasteiger partial charge is 0.481 e. The Kier molecular flexibility index (Phi) is 5.93. The summed E-state index contributed by atoms with van der Waals surface area (Å²) in [6, 6.07) is 5.18. The molecule has 1 aliphatic rings. The zero-order chi connectivity index (χ0) is 17.1. The summed E-state index contributed by atoms with van der Waals surface area (Å²) in [7, 11) is 1.75. The zero-order valence-corrected chi connectivity index (χ0v) is 14.8. The Labute approximate surface area is 146 Å². The molecule has 3 unspecified atom stereocenters. The number of hydrogen-bond acceptors (Lipinski definition) is 2. The molecule has 4 nitrogen and oxygen atoms in total. The van der Waals surface area contributed by atoms with Crippen molar-refractivity contribution < 1.29 is 14.7 Å². The standard InChI is InChI=1S/C17H21Cl2NO3/c1-10(11-6-7-14(18)15(19)9-11)20(2)16(21)12-4-3-5-13(8-12)17(22)23/h6-7,9-10,12-13H,3-5,8H2,1-2H3,(H,22,23). The monoisotopic (exact) mass is 357 g/mol. The Morgan fingerprint density at radius 2 is 1.87 bits per heavy atom. The van der Waals surface area contributed by atoms with Gasteiger partial charge < -0.3 is 10.0 Å². The lowest BCUT2D eigenvalue weighted by molar-refractivity contribution is -0.145. The van der Waals surface area contributed by atoms with Gasteiger partial charge in [-0.3, -0.25) is 9.59 Å². The molecule has 0 radical (unpaired) electrons. The summed E-state index contributed by atoms with van der Waals surface area (Å²) < 4.78 is 0. The Morgan fingerprint density at radius 1 is 1.22 bits per heavy atom. The van der Waals surface area contributed by atoms with E-state index < -0.39 is 11.9 Å². The molecule has 3 atom stereocenters. The smallest absolute Gasteiger partial charge is 0.306 e. The Hall–Kier alpha value is -1.26. The van der Waals surface area contributed by atoms with Gasteiger partial charge in [0, 0.05) is 13.0 Å². The number of benzene rings is 1. The molecule has 1 saturated carbocycles. The lowest BCUT2D eigenvalue weighted by atomic mass is 9.80. The molecule has 1 aromatic rings. The first-order valence-electron chi connectivity index (χ1n) is 7.75. The minimum absolute atomic E-state index is 0.00507. The van der Waals surface area contributed by atoms with Crippen LogP contribution in [0.25, 0.3) is 0 Å². The molecule has 126 valence electrons. The van der Waals surface area contributed by atoms with Crippen molar-refractivity contribution in [2.24, 2.45) is 11.8 Å². The molecule has 0 bridgehead atoms. The van der Waals surface area contributed by atoms with Gasteiger partial charge in [0.25, 0.3) is 0 Å². The van der Waals surface area contributed by atoms with E-state index in [0.717, 1.165) is 18.4 Å². The van der Waals surface area contributed by atoms with Crippen LogP contribution in [0.2, 0.25) is 10.0 Å². The van der Waals surface area contributed by atoms with Crippen LogP contribution in [0.1, 0.15) is 44.2 Å². The van der Waals surface area contributed by atoms with Gasteiger partial charge in [0.15, 0.2) is 0 Å². The van der Waals surface area contributed by atoms with Crippen LogP contribution in [-0.4, -0.2) is 28.9 Å². The highest BCUT2D eigenvalue weighted by atomic mass is 35.5. The minimum Gasteiger partial charge on any atom is -0.481 e. The number of carboxylic acids is 1. The summed E-state index contributed by atoms with van der Waals surface area (Å²) in [5.41, 5.74) is 0.904. The normalized spacial score (nSPS) is 22.4. The van der Waals surface area contributed by atoms with Gasteiger partial charge >= 0.3 is 5.97 Å². The summed E-state index contributed by atoms with van der Waals surface area (Å²) >= 11 is 12.0. The van der Waals surface area contributed by atoms with E-state index in [2.05, 4.69) is 0 Å². The maximum atomic E-state index is 12.7. The minimum atomic E-state index is -0.803. The summed E-state index contributed by atoms with van der Waals surface area (Å²) in [6.07, 6.45) is 2.61. The van der Waals surface area contributed by atoms with Crippen LogP contribution in [-0.2, 0) is 9.59 Å². The van der Waals surface area contributed by atoms with E-state index in [4.69, 9.17) is 28.3 Å². The van der Waals surface area contributed by atoms with E-state index in [1.54, 1.807) is 24.1 Å². The van der Waals surface area contributed by atoms with Crippen molar-refractivity contribution in [3.8, 4) is 0 Å². The number of nitrogens with zero attached hydrogens (tertiary/aromatic N) is 1. The van der Waals surface area contributed by atoms with Gasteiger partial charge in [-0.1, -0.05) is 35.7 Å². The van der Waals surface area contributed by atoms with Crippen LogP contribution in [0.4, 0.5) is 0 Å². The van der Waals surface area contributed by atoms with Gasteiger partial charge in [-0.25, -0.2) is 0 Å². The Morgan fingerprint density at radius 3 is 2.48 bits per heavy atom. The molecule has 0 heterocycles. The van der Waals surface area contributed by atoms with Gasteiger partial charge in [-0.15, -0.1) is 0 Å². The second-order valence-electron chi connectivity index (χ2n) is 6.20. The molecule has 6 heteroatoms. The number of aliphatic carboxylic acids is 1. The molecular formula is C17H21Cl2NO3. The predicted octanol–water partition coefficient (Wildman–Crippen LogP) is 4.40. The molecule has 0 aliphatic heterocycles. The van der Waals surface area contributed by atoms with E-state index in [1.807, 2.05) is 13.0 Å². The van der Waals surface area contributed by atoms with Crippen molar-refractivity contribution in [2.75, 3.05) is 7.05 Å². The third-order valence-corrected chi connectivity index (χ3v) is 5.47. The van der Waals surface area contributed by atoms with Crippen LogP contribution in [0, 0.1) is 11.8 Å². The van der Waals surface area contributed by atoms with Crippen molar-refractivity contribution in [3.63, 3.8) is 0 Å². The second-order valence-corrected chi connectivity index (χ2v) is 7.01. The lowest BCUT2D eigenvalue weighted by Gasteiger charge is -2.32. The van der Waals surface area contributed by atoms with Gasteiger partial charge in [-0.2, -0.15) is 0 Å². The first-order chi connectivity index (χ1) is 10.8. The number of hydrogen-bond donors (Lipinski definition) is 1. The summed E-state index contributed by atoms with van der Waals surface area (Å²) in [5.74, 6) is -1.44. The van der Waals surface area contributed by atoms with Crippen molar-refractivity contribution in [1.29, 1.82) is 0 Å². The van der Waals surface area contributed by atoms with Crippen LogP contribution < -0.4 is 0 Å². The van der Waals surface area contributed by atoms with E-state index in [0.29, 0.717) is 22.9 Å². The average molecular weight is 358 g/mol. The fraction of sp³-hybridized carbons (Fsp3) is 0.529. The molecule has 0 saturated heterocycles. The fourth-order valence-corrected chi connectivity index (χ4v) is 3.42. The first kappa shape index (κ1) is 18.1. The predicted molar refractivity (Wildman–Crippen MR) is 90.7 cm³/mol. The highest BCUT2D eigenvalue weighted by Crippen LogP contribution is 2.33. The SMILES string of the molecule is CC(c1ccc(Cl)c(Cl)c1)N(C)C(=O)C1CCCC(C(=O)O)C1. The fourth-order valence-electron chi connectivity index (χ4n) is 3.11. The van der Waals surface area contributed by atoms with E-state index in [9.17, 15) is 9.59 Å². The number of amides is 1. The lowest BCUT2D eigenvalue weighted by Crippen LogP contribution is -2.38. The van der Waals surface area contributed by atoms with Crippen LogP contribution in [0.3, 0.4) is 0 Å². The topological polar surface area (TPSA) is 57.6 Å². The number of halogens is 2. The number of carbonyl (C=O) groups is 2. The maximum Gasteiger partial charge on any atom is 0.306 e. The summed E-state index contributed by atoms with van der Waals surface area (Å²) in [6.45, 7) is 1.93. The Balaban J connectivity index is 2.08. The summed E-state index contributed by atoms with van der Waals surface area (Å²) in [5, 5.41) is 10.1. The van der Waals surface area contributed by atoms with Crippen molar-refractivity contribution in [3.05, 3.63) is 33.8 Å². The van der Waals surface area contributed by atoms with Crippen LogP contribution in [0.15, 0.2) is 18.2 Å². The quantitative estimate of drug-likeness (QED) is 0.868. The number of carbonyl (C=O) groups excluding carboxylic acids is 1. The van der Waals surface area contributed by atoms with Crippen molar-refractivity contribution >= 4 is 35.1 Å². The molecule has 0 spiro atoms. The summed E-state index contributed by atoms with van der Waals surface area (Å²) in [4.78, 5) is 25.5. The molecule has 23 heavy (non-hydrogen) atoms. The van der Waals surface area contributed by atoms with Crippen molar-refractivity contribution in [1.82, 2.24) is 4.90 Å². The molecule has 0 aromatic heterocycles. The van der Waals surface area contributed by atoms with E-state index >= 15 is 0 Å². The van der Waals surface area contributed by atoms with Gasteiger partial charge in [0.2, 0.25) is 5.91 Å². The molecule has 1 fully saturated rings.